The lowest BCUT2D eigenvalue weighted by molar-refractivity contribution is -0.119. The summed E-state index contributed by atoms with van der Waals surface area (Å²) in [6.45, 7) is 0.254. The highest BCUT2D eigenvalue weighted by atomic mass is 16.5. The van der Waals surface area contributed by atoms with Crippen molar-refractivity contribution >= 4 is 17.5 Å². The Kier molecular flexibility index (Phi) is 6.21. The average molecular weight is 433 g/mol. The van der Waals surface area contributed by atoms with Gasteiger partial charge in [0.05, 0.1) is 19.8 Å². The summed E-state index contributed by atoms with van der Waals surface area (Å²) in [7, 11) is 3.16. The van der Waals surface area contributed by atoms with E-state index in [-0.39, 0.29) is 24.2 Å². The number of nitrogens with one attached hydrogen (secondary N) is 1. The summed E-state index contributed by atoms with van der Waals surface area (Å²) in [5.74, 6) is 1.37. The van der Waals surface area contributed by atoms with Crippen LogP contribution in [0.4, 0.5) is 5.69 Å². The fourth-order valence-corrected chi connectivity index (χ4v) is 3.50. The van der Waals surface area contributed by atoms with Crippen molar-refractivity contribution in [2.75, 3.05) is 32.2 Å². The lowest BCUT2D eigenvalue weighted by Crippen LogP contribution is -2.41. The molecule has 8 heteroatoms. The van der Waals surface area contributed by atoms with Crippen molar-refractivity contribution in [3.63, 3.8) is 0 Å². The maximum absolute atomic E-state index is 13.2. The van der Waals surface area contributed by atoms with E-state index >= 15 is 0 Å². The molecule has 1 aliphatic rings. The van der Waals surface area contributed by atoms with Gasteiger partial charge in [-0.1, -0.05) is 18.2 Å². The number of aromatic nitrogens is 1. The molecule has 3 aromatic rings. The number of benzene rings is 2. The lowest BCUT2D eigenvalue weighted by atomic mass is 10.1. The third-order valence-electron chi connectivity index (χ3n) is 5.10. The van der Waals surface area contributed by atoms with Crippen LogP contribution in [0.3, 0.4) is 0 Å². The largest absolute Gasteiger partial charge is 0.493 e. The number of amides is 2. The topological polar surface area (TPSA) is 90.0 Å². The summed E-state index contributed by atoms with van der Waals surface area (Å²) < 4.78 is 16.4. The first-order chi connectivity index (χ1) is 15.6. The van der Waals surface area contributed by atoms with E-state index in [0.29, 0.717) is 41.5 Å². The van der Waals surface area contributed by atoms with E-state index < -0.39 is 0 Å². The Morgan fingerprint density at radius 1 is 1.06 bits per heavy atom. The minimum atomic E-state index is -0.317. The number of rotatable bonds is 7. The van der Waals surface area contributed by atoms with Crippen LogP contribution < -0.4 is 24.4 Å². The monoisotopic (exact) mass is 433 g/mol. The molecule has 0 unspecified atom stereocenters. The molecule has 1 aliphatic heterocycles. The smallest absolute Gasteiger partial charge is 0.262 e. The second-order valence-electron chi connectivity index (χ2n) is 7.11. The Morgan fingerprint density at radius 3 is 2.69 bits per heavy atom. The van der Waals surface area contributed by atoms with Crippen molar-refractivity contribution in [1.29, 1.82) is 0 Å². The van der Waals surface area contributed by atoms with Gasteiger partial charge in [-0.25, -0.2) is 4.98 Å². The number of anilines is 1. The van der Waals surface area contributed by atoms with Crippen LogP contribution in [0.25, 0.3) is 0 Å². The Bertz CT molecular complexity index is 1150. The fraction of sp³-hybridized carbons (Fsp3) is 0.208. The number of hydrogen-bond acceptors (Lipinski definition) is 6. The summed E-state index contributed by atoms with van der Waals surface area (Å²) >= 11 is 0. The molecule has 164 valence electrons. The second kappa shape index (κ2) is 9.38. The molecule has 0 radical (unpaired) electrons. The molecule has 1 aromatic heterocycles. The number of fused-ring (bicyclic) bond motifs is 2. The molecule has 8 nitrogen and oxygen atoms in total. The number of carbonyl (C=O) groups excluding carboxylic acids is 2. The maximum atomic E-state index is 13.2. The summed E-state index contributed by atoms with van der Waals surface area (Å²) in [6.07, 6.45) is 2.18. The molecule has 0 saturated heterocycles. The van der Waals surface area contributed by atoms with Gasteiger partial charge in [0.25, 0.3) is 5.91 Å². The van der Waals surface area contributed by atoms with Crippen LogP contribution in [-0.2, 0) is 11.2 Å². The first-order valence-electron chi connectivity index (χ1n) is 10.1. The molecule has 4 rings (SSSR count). The number of methoxy groups -OCH3 is 2. The Hall–Kier alpha value is -4.07. The van der Waals surface area contributed by atoms with Crippen molar-refractivity contribution in [3.05, 3.63) is 71.9 Å². The van der Waals surface area contributed by atoms with Gasteiger partial charge in [0, 0.05) is 12.7 Å². The summed E-state index contributed by atoms with van der Waals surface area (Å²) in [5.41, 5.74) is 1.82. The van der Waals surface area contributed by atoms with Crippen molar-refractivity contribution in [2.24, 2.45) is 0 Å². The number of ether oxygens (including phenoxy) is 3. The maximum Gasteiger partial charge on any atom is 0.262 e. The summed E-state index contributed by atoms with van der Waals surface area (Å²) in [4.78, 5) is 31.5. The SMILES string of the molecule is COc1ccc(CCNC(=O)CN2C(=O)c3ccccc3Oc3ncccc32)cc1OC. The zero-order valence-electron chi connectivity index (χ0n) is 17.8. The molecule has 2 heterocycles. The van der Waals surface area contributed by atoms with Gasteiger partial charge >= 0.3 is 0 Å². The normalized spacial score (nSPS) is 12.2. The highest BCUT2D eigenvalue weighted by Gasteiger charge is 2.30. The van der Waals surface area contributed by atoms with Gasteiger partial charge in [-0.05, 0) is 48.4 Å². The lowest BCUT2D eigenvalue weighted by Gasteiger charge is -2.21. The molecule has 2 aromatic carbocycles. The molecule has 1 N–H and O–H groups in total. The predicted octanol–water partition coefficient (Wildman–Crippen LogP) is 3.21. The van der Waals surface area contributed by atoms with E-state index in [9.17, 15) is 9.59 Å². The molecular formula is C24H23N3O5. The number of para-hydroxylation sites is 1. The number of nitrogens with zero attached hydrogens (tertiary/aromatic N) is 2. The van der Waals surface area contributed by atoms with Crippen LogP contribution in [0, 0.1) is 0 Å². The van der Waals surface area contributed by atoms with Gasteiger partial charge in [0.1, 0.15) is 18.0 Å². The minimum absolute atomic E-state index is 0.152. The standard InChI is InChI=1S/C24H23N3O5/c1-30-20-10-9-16(14-21(20)31-2)11-13-25-22(28)15-27-18-7-5-12-26-23(18)32-19-8-4-3-6-17(19)24(27)29/h3-10,12,14H,11,13,15H2,1-2H3,(H,25,28). The summed E-state index contributed by atoms with van der Waals surface area (Å²) in [5, 5.41) is 2.87. The molecule has 0 saturated carbocycles. The average Bonchev–Trinajstić information content (AvgIpc) is 2.93. The molecule has 32 heavy (non-hydrogen) atoms. The van der Waals surface area contributed by atoms with E-state index in [1.807, 2.05) is 18.2 Å². The molecule has 0 fully saturated rings. The van der Waals surface area contributed by atoms with Crippen LogP contribution >= 0.6 is 0 Å². The molecule has 0 aliphatic carbocycles. The van der Waals surface area contributed by atoms with Crippen LogP contribution in [0.15, 0.2) is 60.8 Å². The van der Waals surface area contributed by atoms with Gasteiger partial charge < -0.3 is 19.5 Å². The van der Waals surface area contributed by atoms with Gasteiger partial charge in [-0.2, -0.15) is 0 Å². The van der Waals surface area contributed by atoms with Crippen molar-refractivity contribution in [2.45, 2.75) is 6.42 Å². The van der Waals surface area contributed by atoms with Crippen LogP contribution in [0.5, 0.6) is 23.1 Å². The van der Waals surface area contributed by atoms with Gasteiger partial charge in [0.2, 0.25) is 11.8 Å². The van der Waals surface area contributed by atoms with Gasteiger partial charge in [-0.15, -0.1) is 0 Å². The first-order valence-corrected chi connectivity index (χ1v) is 10.1. The molecule has 0 spiro atoms. The molecule has 2 amide bonds. The van der Waals surface area contributed by atoms with E-state index in [2.05, 4.69) is 10.3 Å². The third kappa shape index (κ3) is 4.34. The molecule has 0 bridgehead atoms. The zero-order valence-corrected chi connectivity index (χ0v) is 17.8. The van der Waals surface area contributed by atoms with Gasteiger partial charge in [0.15, 0.2) is 11.5 Å². The second-order valence-corrected chi connectivity index (χ2v) is 7.11. The van der Waals surface area contributed by atoms with Crippen LogP contribution in [0.2, 0.25) is 0 Å². The Morgan fingerprint density at radius 2 is 1.88 bits per heavy atom. The predicted molar refractivity (Wildman–Crippen MR) is 119 cm³/mol. The molecular weight excluding hydrogens is 410 g/mol. The highest BCUT2D eigenvalue weighted by Crippen LogP contribution is 2.36. The van der Waals surface area contributed by atoms with Crippen LogP contribution in [-0.4, -0.2) is 44.1 Å². The number of hydrogen-bond donors (Lipinski definition) is 1. The van der Waals surface area contributed by atoms with E-state index in [1.54, 1.807) is 56.8 Å². The fourth-order valence-electron chi connectivity index (χ4n) is 3.50. The Labute approximate surface area is 185 Å². The first kappa shape index (κ1) is 21.2. The highest BCUT2D eigenvalue weighted by molar-refractivity contribution is 6.11. The quantitative estimate of drug-likeness (QED) is 0.615. The zero-order chi connectivity index (χ0) is 22.5. The third-order valence-corrected chi connectivity index (χ3v) is 5.10. The van der Waals surface area contributed by atoms with E-state index in [1.165, 1.54) is 4.90 Å². The van der Waals surface area contributed by atoms with Crippen molar-refractivity contribution < 1.29 is 23.8 Å². The summed E-state index contributed by atoms with van der Waals surface area (Å²) in [6, 6.07) is 15.9. The van der Waals surface area contributed by atoms with E-state index in [4.69, 9.17) is 14.2 Å². The van der Waals surface area contributed by atoms with Crippen LogP contribution in [0.1, 0.15) is 15.9 Å². The number of pyridine rings is 1. The van der Waals surface area contributed by atoms with Crippen molar-refractivity contribution in [1.82, 2.24) is 10.3 Å². The van der Waals surface area contributed by atoms with Crippen molar-refractivity contribution in [3.8, 4) is 23.1 Å². The number of carbonyl (C=O) groups is 2. The minimum Gasteiger partial charge on any atom is -0.493 e. The van der Waals surface area contributed by atoms with E-state index in [0.717, 1.165) is 5.56 Å². The molecule has 0 atom stereocenters. The Balaban J connectivity index is 1.45. The van der Waals surface area contributed by atoms with Gasteiger partial charge in [-0.3, -0.25) is 14.5 Å².